The van der Waals surface area contributed by atoms with Gasteiger partial charge in [-0.2, -0.15) is 0 Å². The highest BCUT2D eigenvalue weighted by Gasteiger charge is 2.21. The lowest BCUT2D eigenvalue weighted by molar-refractivity contribution is 0.340. The normalized spacial score (nSPS) is 16.6. The molecule has 0 saturated heterocycles. The minimum Gasteiger partial charge on any atom is -0.494 e. The second-order valence-corrected chi connectivity index (χ2v) is 5.70. The van der Waals surface area contributed by atoms with Crippen LogP contribution >= 0.6 is 0 Å². The molecule has 2 aromatic carbocycles. The summed E-state index contributed by atoms with van der Waals surface area (Å²) in [5.74, 6) is 1.87. The molecule has 3 rings (SSSR count). The second kappa shape index (κ2) is 7.18. The third-order valence-electron chi connectivity index (χ3n) is 3.94. The van der Waals surface area contributed by atoms with Crippen LogP contribution in [-0.2, 0) is 6.54 Å². The molecule has 0 saturated carbocycles. The van der Waals surface area contributed by atoms with Crippen molar-refractivity contribution in [1.29, 1.82) is 0 Å². The zero-order chi connectivity index (χ0) is 16.1. The summed E-state index contributed by atoms with van der Waals surface area (Å²) in [6, 6.07) is 19.0. The van der Waals surface area contributed by atoms with Crippen molar-refractivity contribution in [3.8, 4) is 5.75 Å². The van der Waals surface area contributed by atoms with Gasteiger partial charge in [0.25, 0.3) is 0 Å². The number of nitrogens with one attached hydrogen (secondary N) is 1. The van der Waals surface area contributed by atoms with Gasteiger partial charge in [0.15, 0.2) is 5.96 Å². The molecule has 0 amide bonds. The first-order chi connectivity index (χ1) is 11.3. The van der Waals surface area contributed by atoms with Gasteiger partial charge in [0, 0.05) is 13.6 Å². The Morgan fingerprint density at radius 1 is 1.13 bits per heavy atom. The molecule has 0 fully saturated rings. The third-order valence-corrected chi connectivity index (χ3v) is 3.94. The number of nitrogens with zero attached hydrogens (tertiary/aromatic N) is 2. The van der Waals surface area contributed by atoms with Crippen molar-refractivity contribution in [3.05, 3.63) is 65.7 Å². The lowest BCUT2D eigenvalue weighted by Gasteiger charge is -2.21. The van der Waals surface area contributed by atoms with Crippen molar-refractivity contribution in [1.82, 2.24) is 10.2 Å². The van der Waals surface area contributed by atoms with Gasteiger partial charge in [-0.25, -0.2) is 0 Å². The monoisotopic (exact) mass is 309 g/mol. The van der Waals surface area contributed by atoms with E-state index in [2.05, 4.69) is 58.7 Å². The van der Waals surface area contributed by atoms with Crippen molar-refractivity contribution < 1.29 is 4.74 Å². The minimum absolute atomic E-state index is 0.272. The number of benzene rings is 2. The van der Waals surface area contributed by atoms with Crippen LogP contribution in [0.1, 0.15) is 24.1 Å². The zero-order valence-electron chi connectivity index (χ0n) is 13.7. The van der Waals surface area contributed by atoms with Crippen molar-refractivity contribution in [2.24, 2.45) is 4.99 Å². The highest BCUT2D eigenvalue weighted by Crippen LogP contribution is 2.18. The summed E-state index contributed by atoms with van der Waals surface area (Å²) in [4.78, 5) is 6.79. The van der Waals surface area contributed by atoms with Crippen LogP contribution < -0.4 is 10.1 Å². The Bertz CT molecular complexity index is 652. The molecule has 1 aliphatic rings. The first-order valence-electron chi connectivity index (χ1n) is 8.05. The summed E-state index contributed by atoms with van der Waals surface area (Å²) in [6.07, 6.45) is 0. The Morgan fingerprint density at radius 3 is 2.57 bits per heavy atom. The van der Waals surface area contributed by atoms with Gasteiger partial charge >= 0.3 is 0 Å². The van der Waals surface area contributed by atoms with Crippen molar-refractivity contribution >= 4 is 5.96 Å². The Morgan fingerprint density at radius 2 is 1.87 bits per heavy atom. The Hall–Kier alpha value is -2.49. The van der Waals surface area contributed by atoms with Crippen LogP contribution in [0.25, 0.3) is 0 Å². The van der Waals surface area contributed by atoms with E-state index >= 15 is 0 Å². The Kier molecular flexibility index (Phi) is 4.81. The molecule has 1 atom stereocenters. The Balaban J connectivity index is 1.57. The topological polar surface area (TPSA) is 36.9 Å². The molecule has 4 heteroatoms. The van der Waals surface area contributed by atoms with Crippen LogP contribution in [-0.4, -0.2) is 31.1 Å². The third kappa shape index (κ3) is 3.83. The van der Waals surface area contributed by atoms with E-state index in [4.69, 9.17) is 4.74 Å². The molecule has 0 aliphatic carbocycles. The van der Waals surface area contributed by atoms with Gasteiger partial charge in [-0.05, 0) is 30.2 Å². The van der Waals surface area contributed by atoms with E-state index in [9.17, 15) is 0 Å². The molecule has 4 nitrogen and oxygen atoms in total. The lowest BCUT2D eigenvalue weighted by atomic mass is 10.1. The smallest absolute Gasteiger partial charge is 0.194 e. The minimum atomic E-state index is 0.272. The average Bonchev–Trinajstić information content (AvgIpc) is 3.08. The number of hydrogen-bond donors (Lipinski definition) is 1. The maximum Gasteiger partial charge on any atom is 0.194 e. The predicted molar refractivity (Wildman–Crippen MR) is 93.7 cm³/mol. The van der Waals surface area contributed by atoms with Gasteiger partial charge in [-0.15, -0.1) is 0 Å². The summed E-state index contributed by atoms with van der Waals surface area (Å²) in [6.45, 7) is 4.29. The van der Waals surface area contributed by atoms with E-state index in [0.29, 0.717) is 6.61 Å². The molecule has 0 radical (unpaired) electrons. The van der Waals surface area contributed by atoms with E-state index in [-0.39, 0.29) is 6.04 Å². The quantitative estimate of drug-likeness (QED) is 0.921. The second-order valence-electron chi connectivity index (χ2n) is 5.70. The van der Waals surface area contributed by atoms with E-state index in [0.717, 1.165) is 24.8 Å². The fraction of sp³-hybridized carbons (Fsp3) is 0.316. The lowest BCUT2D eigenvalue weighted by Crippen LogP contribution is -2.36. The van der Waals surface area contributed by atoms with Crippen LogP contribution in [0.2, 0.25) is 0 Å². The van der Waals surface area contributed by atoms with Crippen LogP contribution in [0, 0.1) is 0 Å². The number of aliphatic imine (C=N–C) groups is 1. The summed E-state index contributed by atoms with van der Waals surface area (Å²) in [5.41, 5.74) is 2.52. The van der Waals surface area contributed by atoms with E-state index in [1.807, 2.05) is 25.1 Å². The molecule has 23 heavy (non-hydrogen) atoms. The summed E-state index contributed by atoms with van der Waals surface area (Å²) in [5, 5.41) is 3.51. The molecule has 1 aliphatic heterocycles. The molecule has 1 unspecified atom stereocenters. The molecule has 2 aromatic rings. The molecular formula is C19H23N3O. The fourth-order valence-electron chi connectivity index (χ4n) is 2.74. The SMILES string of the molecule is CCOc1ccc(CN(C)C2=NCC(c3ccccc3)N2)cc1. The summed E-state index contributed by atoms with van der Waals surface area (Å²) >= 11 is 0. The molecule has 1 heterocycles. The molecule has 0 bridgehead atoms. The van der Waals surface area contributed by atoms with E-state index < -0.39 is 0 Å². The first kappa shape index (κ1) is 15.4. The molecule has 120 valence electrons. The largest absolute Gasteiger partial charge is 0.494 e. The van der Waals surface area contributed by atoms with Crippen LogP contribution in [0.5, 0.6) is 5.75 Å². The maximum atomic E-state index is 5.48. The standard InChI is InChI=1S/C19H23N3O/c1-3-23-17-11-9-15(10-12-17)14-22(2)19-20-13-18(21-19)16-7-5-4-6-8-16/h4-12,18H,3,13-14H2,1-2H3,(H,20,21). The number of ether oxygens (including phenoxy) is 1. The van der Waals surface area contributed by atoms with E-state index in [1.54, 1.807) is 0 Å². The van der Waals surface area contributed by atoms with Gasteiger partial charge in [-0.3, -0.25) is 4.99 Å². The van der Waals surface area contributed by atoms with E-state index in [1.165, 1.54) is 11.1 Å². The van der Waals surface area contributed by atoms with Crippen LogP contribution in [0.4, 0.5) is 0 Å². The van der Waals surface area contributed by atoms with Gasteiger partial charge in [0.1, 0.15) is 5.75 Å². The summed E-state index contributed by atoms with van der Waals surface area (Å²) < 4.78 is 5.48. The number of hydrogen-bond acceptors (Lipinski definition) is 4. The predicted octanol–water partition coefficient (Wildman–Crippen LogP) is 3.22. The number of rotatable bonds is 5. The van der Waals surface area contributed by atoms with Gasteiger partial charge in [0.05, 0.1) is 19.2 Å². The van der Waals surface area contributed by atoms with Crippen LogP contribution in [0.15, 0.2) is 59.6 Å². The number of guanidine groups is 1. The fourth-order valence-corrected chi connectivity index (χ4v) is 2.74. The van der Waals surface area contributed by atoms with Gasteiger partial charge < -0.3 is 15.0 Å². The molecule has 1 N–H and O–H groups in total. The maximum absolute atomic E-state index is 5.48. The zero-order valence-corrected chi connectivity index (χ0v) is 13.7. The molecule has 0 aromatic heterocycles. The van der Waals surface area contributed by atoms with Crippen molar-refractivity contribution in [2.45, 2.75) is 19.5 Å². The van der Waals surface area contributed by atoms with Gasteiger partial charge in [0.2, 0.25) is 0 Å². The average molecular weight is 309 g/mol. The van der Waals surface area contributed by atoms with Gasteiger partial charge in [-0.1, -0.05) is 42.5 Å². The van der Waals surface area contributed by atoms with Crippen molar-refractivity contribution in [2.75, 3.05) is 20.2 Å². The summed E-state index contributed by atoms with van der Waals surface area (Å²) in [7, 11) is 2.07. The Labute approximate surface area is 137 Å². The molecule has 0 spiro atoms. The van der Waals surface area contributed by atoms with Crippen LogP contribution in [0.3, 0.4) is 0 Å². The van der Waals surface area contributed by atoms with Crippen molar-refractivity contribution in [3.63, 3.8) is 0 Å². The highest BCUT2D eigenvalue weighted by molar-refractivity contribution is 5.82. The first-order valence-corrected chi connectivity index (χ1v) is 8.05. The molecular weight excluding hydrogens is 286 g/mol. The highest BCUT2D eigenvalue weighted by atomic mass is 16.5.